The fourth-order valence-electron chi connectivity index (χ4n) is 1.97. The van der Waals surface area contributed by atoms with Gasteiger partial charge in [0.2, 0.25) is 15.4 Å². The monoisotopic (exact) mass is 400 g/mol. The first-order valence-corrected chi connectivity index (χ1v) is 8.81. The van der Waals surface area contributed by atoms with Crippen molar-refractivity contribution in [2.45, 2.75) is 24.9 Å². The third-order valence-electron chi connectivity index (χ3n) is 3.79. The van der Waals surface area contributed by atoms with E-state index in [1.54, 1.807) is 12.1 Å². The number of amides is 2. The first-order chi connectivity index (χ1) is 12.8. The summed E-state index contributed by atoms with van der Waals surface area (Å²) in [6, 6.07) is 9.09. The molecule has 1 aromatic rings. The molecule has 0 saturated heterocycles. The highest BCUT2D eigenvalue weighted by Crippen LogP contribution is 2.24. The summed E-state index contributed by atoms with van der Waals surface area (Å²) in [7, 11) is 2.52. The van der Waals surface area contributed by atoms with Gasteiger partial charge in [0, 0.05) is 26.4 Å². The lowest BCUT2D eigenvalue weighted by Gasteiger charge is -2.39. The molecule has 0 fully saturated rings. The van der Waals surface area contributed by atoms with E-state index in [0.717, 1.165) is 6.08 Å². The lowest BCUT2D eigenvalue weighted by atomic mass is 10.0. The number of ether oxygens (including phenoxy) is 1. The highest BCUT2D eigenvalue weighted by atomic mass is 31.1. The third-order valence-corrected chi connectivity index (χ3v) is 4.39. The number of likely N-dealkylation sites (N-methyl/N-ethyl adjacent to an activating group) is 1. The number of hydrogen-bond acceptors (Lipinski definition) is 8. The molecule has 4 atom stereocenters. The molecule has 150 valence electrons. The van der Waals surface area contributed by atoms with Gasteiger partial charge in [-0.3, -0.25) is 14.9 Å². The number of nitrogens with one attached hydrogen (secondary N) is 1. The van der Waals surface area contributed by atoms with Crippen LogP contribution in [0.3, 0.4) is 0 Å². The second kappa shape index (κ2) is 11.6. The van der Waals surface area contributed by atoms with Gasteiger partial charge >= 0.3 is 0 Å². The van der Waals surface area contributed by atoms with Gasteiger partial charge in [0.1, 0.15) is 18.0 Å². The Labute approximate surface area is 159 Å². The molecule has 2 unspecified atom stereocenters. The van der Waals surface area contributed by atoms with Crippen LogP contribution in [0.5, 0.6) is 5.75 Å². The van der Waals surface area contributed by atoms with Gasteiger partial charge in [-0.1, -0.05) is 18.2 Å². The summed E-state index contributed by atoms with van der Waals surface area (Å²) >= 11 is 0. The van der Waals surface area contributed by atoms with Gasteiger partial charge in [-0.15, -0.1) is 0 Å². The number of carbonyl (C=O) groups excluding carboxylic acids is 2. The van der Waals surface area contributed by atoms with Crippen LogP contribution >= 0.6 is 9.03 Å². The van der Waals surface area contributed by atoms with Gasteiger partial charge in [0.25, 0.3) is 5.91 Å². The number of carbonyl (C=O) groups is 2. The van der Waals surface area contributed by atoms with Crippen molar-refractivity contribution in [2.75, 3.05) is 20.8 Å². The van der Waals surface area contributed by atoms with E-state index in [2.05, 4.69) is 0 Å². The van der Waals surface area contributed by atoms with E-state index < -0.39 is 23.8 Å². The summed E-state index contributed by atoms with van der Waals surface area (Å²) in [6.45, 7) is 1.33. The van der Waals surface area contributed by atoms with Crippen LogP contribution in [0.15, 0.2) is 42.6 Å². The van der Waals surface area contributed by atoms with Gasteiger partial charge in [-0.25, -0.2) is 0 Å². The molecule has 0 aliphatic rings. The SMILES string of the molecule is CO[C@H](COPOc1ccccc1)C(O)[C@@](C)(O)N(C)/C=C\C(=O)NC=O. The van der Waals surface area contributed by atoms with Crippen LogP contribution in [0, 0.1) is 0 Å². The van der Waals surface area contributed by atoms with E-state index in [-0.39, 0.29) is 22.1 Å². The quantitative estimate of drug-likeness (QED) is 0.152. The molecule has 9 nitrogen and oxygen atoms in total. The van der Waals surface area contributed by atoms with Crippen molar-refractivity contribution in [3.05, 3.63) is 42.6 Å². The van der Waals surface area contributed by atoms with E-state index in [9.17, 15) is 19.8 Å². The summed E-state index contributed by atoms with van der Waals surface area (Å²) < 4.78 is 16.0. The highest BCUT2D eigenvalue weighted by molar-refractivity contribution is 7.26. The Balaban J connectivity index is 2.56. The minimum absolute atomic E-state index is 0.0255. The average molecular weight is 400 g/mol. The Morgan fingerprint density at radius 1 is 1.41 bits per heavy atom. The first kappa shape index (κ1) is 23.0. The molecule has 0 aliphatic carbocycles. The molecule has 0 aliphatic heterocycles. The van der Waals surface area contributed by atoms with Gasteiger partial charge in [0.05, 0.1) is 6.61 Å². The Kier molecular flexibility index (Phi) is 9.92. The van der Waals surface area contributed by atoms with Crippen molar-refractivity contribution in [3.63, 3.8) is 0 Å². The fourth-order valence-corrected chi connectivity index (χ4v) is 2.49. The number of benzene rings is 1. The molecule has 0 bridgehead atoms. The summed E-state index contributed by atoms with van der Waals surface area (Å²) in [4.78, 5) is 22.7. The maximum absolute atomic E-state index is 11.3. The Morgan fingerprint density at radius 2 is 2.07 bits per heavy atom. The number of aliphatic hydroxyl groups excluding tert-OH is 1. The standard InChI is InChI=1S/C17H25N2O7P/c1-17(23,19(2)10-9-15(21)18-12-20)16(22)14(24-3)11-25-27-26-13-7-5-4-6-8-13/h4-10,12,14,16,22-23,27H,11H2,1-3H3,(H,18,20,21)/b10-9-/t14-,16?,17-/m1/s1. The summed E-state index contributed by atoms with van der Waals surface area (Å²) in [6.07, 6.45) is 0.300. The Morgan fingerprint density at radius 3 is 2.67 bits per heavy atom. The van der Waals surface area contributed by atoms with Crippen molar-refractivity contribution in [1.29, 1.82) is 0 Å². The lowest BCUT2D eigenvalue weighted by molar-refractivity contribution is -0.185. The van der Waals surface area contributed by atoms with Crippen LogP contribution in [-0.4, -0.2) is 66.1 Å². The predicted octanol–water partition coefficient (Wildman–Crippen LogP) is 0.393. The predicted molar refractivity (Wildman–Crippen MR) is 99.9 cm³/mol. The lowest BCUT2D eigenvalue weighted by Crippen LogP contribution is -2.56. The molecular formula is C17H25N2O7P. The van der Waals surface area contributed by atoms with Crippen LogP contribution in [0.2, 0.25) is 0 Å². The second-order valence-corrected chi connectivity index (χ2v) is 6.34. The van der Waals surface area contributed by atoms with E-state index in [1.807, 2.05) is 23.5 Å². The molecule has 10 heteroatoms. The average Bonchev–Trinajstić information content (AvgIpc) is 2.66. The summed E-state index contributed by atoms with van der Waals surface area (Å²) in [5.41, 5.74) is -1.77. The van der Waals surface area contributed by atoms with Crippen LogP contribution < -0.4 is 9.84 Å². The number of aliphatic hydroxyl groups is 2. The zero-order valence-corrected chi connectivity index (χ0v) is 16.4. The number of nitrogens with zero attached hydrogens (tertiary/aromatic N) is 1. The van der Waals surface area contributed by atoms with Crippen LogP contribution in [0.4, 0.5) is 0 Å². The highest BCUT2D eigenvalue weighted by Gasteiger charge is 2.39. The summed E-state index contributed by atoms with van der Waals surface area (Å²) in [5, 5.41) is 23.0. The number of rotatable bonds is 12. The molecule has 1 aromatic carbocycles. The van der Waals surface area contributed by atoms with E-state index in [0.29, 0.717) is 5.75 Å². The Bertz CT molecular complexity index is 613. The molecule has 1 rings (SSSR count). The van der Waals surface area contributed by atoms with Crippen LogP contribution in [0.1, 0.15) is 6.92 Å². The van der Waals surface area contributed by atoms with E-state index in [1.165, 1.54) is 32.2 Å². The molecular weight excluding hydrogens is 375 g/mol. The van der Waals surface area contributed by atoms with Crippen molar-refractivity contribution in [3.8, 4) is 5.75 Å². The first-order valence-electron chi connectivity index (χ1n) is 8.00. The molecule has 0 radical (unpaired) electrons. The number of imide groups is 1. The number of methoxy groups -OCH3 is 1. The zero-order chi connectivity index (χ0) is 20.3. The maximum atomic E-state index is 11.3. The molecule has 3 N–H and O–H groups in total. The van der Waals surface area contributed by atoms with Gasteiger partial charge in [0.15, 0.2) is 5.72 Å². The topological polar surface area (TPSA) is 118 Å². The fraction of sp³-hybridized carbons (Fsp3) is 0.412. The van der Waals surface area contributed by atoms with Crippen molar-refractivity contribution >= 4 is 21.4 Å². The minimum atomic E-state index is -1.77. The normalized spacial score (nSPS) is 16.0. The van der Waals surface area contributed by atoms with E-state index >= 15 is 0 Å². The largest absolute Gasteiger partial charge is 0.450 e. The maximum Gasteiger partial charge on any atom is 0.251 e. The van der Waals surface area contributed by atoms with Crippen molar-refractivity contribution in [1.82, 2.24) is 10.2 Å². The van der Waals surface area contributed by atoms with Crippen LogP contribution in [0.25, 0.3) is 0 Å². The molecule has 2 amide bonds. The molecule has 0 spiro atoms. The smallest absolute Gasteiger partial charge is 0.251 e. The third kappa shape index (κ3) is 7.62. The summed E-state index contributed by atoms with van der Waals surface area (Å²) in [5.74, 6) is -0.0103. The molecule has 0 saturated carbocycles. The van der Waals surface area contributed by atoms with Crippen molar-refractivity contribution in [2.24, 2.45) is 0 Å². The molecule has 0 heterocycles. The number of hydrogen-bond donors (Lipinski definition) is 3. The van der Waals surface area contributed by atoms with Gasteiger partial charge < -0.3 is 28.9 Å². The van der Waals surface area contributed by atoms with Gasteiger partial charge in [-0.2, -0.15) is 0 Å². The van der Waals surface area contributed by atoms with Crippen LogP contribution in [-0.2, 0) is 18.8 Å². The van der Waals surface area contributed by atoms with E-state index in [4.69, 9.17) is 13.8 Å². The molecule has 0 aromatic heterocycles. The number of para-hydroxylation sites is 1. The van der Waals surface area contributed by atoms with Gasteiger partial charge in [-0.05, 0) is 19.1 Å². The second-order valence-electron chi connectivity index (χ2n) is 5.68. The zero-order valence-electron chi connectivity index (χ0n) is 15.4. The Hall–Kier alpha value is -2.03. The minimum Gasteiger partial charge on any atom is -0.450 e. The molecule has 27 heavy (non-hydrogen) atoms. The van der Waals surface area contributed by atoms with Crippen molar-refractivity contribution < 1.29 is 33.6 Å².